The van der Waals surface area contributed by atoms with Gasteiger partial charge >= 0.3 is 0 Å². The third-order valence-corrected chi connectivity index (χ3v) is 1.55. The average molecular weight is 224 g/mol. The van der Waals surface area contributed by atoms with Gasteiger partial charge in [-0.3, -0.25) is 0 Å². The fourth-order valence-electron chi connectivity index (χ4n) is 0.820. The Balaban J connectivity index is 3.04. The number of aliphatic hydroxyl groups excluding tert-OH is 2. The van der Waals surface area contributed by atoms with E-state index in [4.69, 9.17) is 29.2 Å². The fraction of sp³-hybridized carbons (Fsp3) is 1.00. The van der Waals surface area contributed by atoms with Crippen molar-refractivity contribution in [2.75, 3.05) is 53.4 Å². The van der Waals surface area contributed by atoms with Crippen molar-refractivity contribution in [3.63, 3.8) is 0 Å². The Kier molecular flexibility index (Phi) is 11.6. The molecule has 1 atom stereocenters. The quantitative estimate of drug-likeness (QED) is 0.346. The predicted molar refractivity (Wildman–Crippen MR) is 52.6 cm³/mol. The normalized spacial score (nSPS) is 13.0. The van der Waals surface area contributed by atoms with Crippen molar-refractivity contribution in [1.82, 2.24) is 0 Å². The number of rotatable bonds is 11. The first-order valence-corrected chi connectivity index (χ1v) is 4.86. The minimum absolute atomic E-state index is 0.0229. The summed E-state index contributed by atoms with van der Waals surface area (Å²) in [5.41, 5.74) is 0. The minimum Gasteiger partial charge on any atom is -0.394 e. The highest BCUT2D eigenvalue weighted by Gasteiger charge is 2.03. The van der Waals surface area contributed by atoms with E-state index in [1.165, 1.54) is 7.11 Å². The van der Waals surface area contributed by atoms with Crippen LogP contribution >= 0.6 is 0 Å². The van der Waals surface area contributed by atoms with Gasteiger partial charge in [0, 0.05) is 7.11 Å². The molecule has 0 aliphatic carbocycles. The van der Waals surface area contributed by atoms with Crippen LogP contribution in [0.25, 0.3) is 0 Å². The van der Waals surface area contributed by atoms with Crippen molar-refractivity contribution in [1.29, 1.82) is 0 Å². The Morgan fingerprint density at radius 1 is 0.933 bits per heavy atom. The molecule has 0 radical (unpaired) electrons. The Morgan fingerprint density at radius 3 is 2.07 bits per heavy atom. The molecule has 0 aromatic heterocycles. The summed E-state index contributed by atoms with van der Waals surface area (Å²) >= 11 is 0. The van der Waals surface area contributed by atoms with Gasteiger partial charge in [-0.25, -0.2) is 0 Å². The highest BCUT2D eigenvalue weighted by Crippen LogP contribution is 1.91. The summed E-state index contributed by atoms with van der Waals surface area (Å²) in [6, 6.07) is 0. The molecule has 92 valence electrons. The van der Waals surface area contributed by atoms with Crippen molar-refractivity contribution in [3.05, 3.63) is 0 Å². The van der Waals surface area contributed by atoms with Crippen molar-refractivity contribution in [2.24, 2.45) is 0 Å². The van der Waals surface area contributed by atoms with Crippen molar-refractivity contribution in [3.8, 4) is 0 Å². The van der Waals surface area contributed by atoms with Crippen LogP contribution in [0.4, 0.5) is 0 Å². The van der Waals surface area contributed by atoms with E-state index >= 15 is 0 Å². The first-order valence-electron chi connectivity index (χ1n) is 4.86. The second kappa shape index (κ2) is 11.8. The second-order valence-corrected chi connectivity index (χ2v) is 2.67. The Labute approximate surface area is 89.7 Å². The van der Waals surface area contributed by atoms with Crippen LogP contribution in [0.3, 0.4) is 0 Å². The van der Waals surface area contributed by atoms with E-state index in [1.807, 2.05) is 0 Å². The highest BCUT2D eigenvalue weighted by molar-refractivity contribution is 4.38. The summed E-state index contributed by atoms with van der Waals surface area (Å²) in [6.45, 7) is 1.87. The molecule has 0 bridgehead atoms. The summed E-state index contributed by atoms with van der Waals surface area (Å²) in [6.07, 6.45) is -0.584. The lowest BCUT2D eigenvalue weighted by atomic mass is 10.6. The van der Waals surface area contributed by atoms with Crippen LogP contribution in [0.5, 0.6) is 0 Å². The fourth-order valence-corrected chi connectivity index (χ4v) is 0.820. The van der Waals surface area contributed by atoms with E-state index in [0.717, 1.165) is 0 Å². The zero-order valence-electron chi connectivity index (χ0n) is 9.05. The molecule has 0 heterocycles. The zero-order chi connectivity index (χ0) is 11.4. The van der Waals surface area contributed by atoms with E-state index in [-0.39, 0.29) is 13.2 Å². The van der Waals surface area contributed by atoms with Gasteiger partial charge in [-0.1, -0.05) is 0 Å². The number of ether oxygens (including phenoxy) is 4. The molecule has 0 aliphatic rings. The zero-order valence-corrected chi connectivity index (χ0v) is 9.05. The molecule has 6 nitrogen and oxygen atoms in total. The van der Waals surface area contributed by atoms with Crippen LogP contribution in [0.1, 0.15) is 0 Å². The summed E-state index contributed by atoms with van der Waals surface area (Å²) in [5.74, 6) is 0. The van der Waals surface area contributed by atoms with Gasteiger partial charge in [0.15, 0.2) is 6.29 Å². The first-order chi connectivity index (χ1) is 7.35. The predicted octanol–water partition coefficient (Wildman–Crippen LogP) is -1.01. The number of aliphatic hydroxyl groups is 2. The number of methoxy groups -OCH3 is 1. The molecule has 0 fully saturated rings. The molecule has 0 amide bonds. The largest absolute Gasteiger partial charge is 0.394 e. The Bertz CT molecular complexity index is 117. The van der Waals surface area contributed by atoms with Gasteiger partial charge in [-0.05, 0) is 0 Å². The Hall–Kier alpha value is -0.240. The van der Waals surface area contributed by atoms with Crippen LogP contribution in [0, 0.1) is 0 Å². The molecule has 6 heteroatoms. The maximum atomic E-state index is 8.69. The van der Waals surface area contributed by atoms with Crippen molar-refractivity contribution < 1.29 is 29.2 Å². The van der Waals surface area contributed by atoms with Crippen LogP contribution < -0.4 is 0 Å². The summed E-state index contributed by atoms with van der Waals surface area (Å²) in [5, 5.41) is 17.1. The van der Waals surface area contributed by atoms with Crippen LogP contribution in [0.15, 0.2) is 0 Å². The van der Waals surface area contributed by atoms with Gasteiger partial charge < -0.3 is 29.2 Å². The first kappa shape index (κ1) is 14.8. The van der Waals surface area contributed by atoms with Crippen LogP contribution in [0.2, 0.25) is 0 Å². The lowest BCUT2D eigenvalue weighted by molar-refractivity contribution is -0.154. The van der Waals surface area contributed by atoms with E-state index in [1.54, 1.807) is 0 Å². The van der Waals surface area contributed by atoms with Crippen molar-refractivity contribution in [2.45, 2.75) is 6.29 Å². The van der Waals surface area contributed by atoms with Crippen LogP contribution in [-0.4, -0.2) is 69.9 Å². The van der Waals surface area contributed by atoms with Gasteiger partial charge in [0.05, 0.1) is 46.2 Å². The molecular weight excluding hydrogens is 204 g/mol. The van der Waals surface area contributed by atoms with E-state index < -0.39 is 6.29 Å². The van der Waals surface area contributed by atoms with Crippen molar-refractivity contribution >= 4 is 0 Å². The SMILES string of the molecule is COC(CO)OCCOCCOCCO. The van der Waals surface area contributed by atoms with Gasteiger partial charge in [-0.15, -0.1) is 0 Å². The molecule has 0 aromatic carbocycles. The third kappa shape index (κ3) is 10.1. The summed E-state index contributed by atoms with van der Waals surface area (Å²) in [7, 11) is 1.46. The summed E-state index contributed by atoms with van der Waals surface area (Å²) < 4.78 is 20.0. The molecule has 0 rings (SSSR count). The molecular formula is C9H20O6. The number of hydrogen-bond donors (Lipinski definition) is 2. The highest BCUT2D eigenvalue weighted by atomic mass is 16.7. The molecule has 15 heavy (non-hydrogen) atoms. The smallest absolute Gasteiger partial charge is 0.180 e. The van der Waals surface area contributed by atoms with Crippen LogP contribution in [-0.2, 0) is 18.9 Å². The molecule has 0 aromatic rings. The summed E-state index contributed by atoms with van der Waals surface area (Å²) in [4.78, 5) is 0. The maximum Gasteiger partial charge on any atom is 0.180 e. The lowest BCUT2D eigenvalue weighted by Gasteiger charge is -2.13. The molecule has 0 aliphatic heterocycles. The number of hydrogen-bond acceptors (Lipinski definition) is 6. The van der Waals surface area contributed by atoms with Gasteiger partial charge in [-0.2, -0.15) is 0 Å². The van der Waals surface area contributed by atoms with Gasteiger partial charge in [0.2, 0.25) is 0 Å². The van der Waals surface area contributed by atoms with Gasteiger partial charge in [0.25, 0.3) is 0 Å². The minimum atomic E-state index is -0.584. The second-order valence-electron chi connectivity index (χ2n) is 2.67. The van der Waals surface area contributed by atoms with Gasteiger partial charge in [0.1, 0.15) is 0 Å². The maximum absolute atomic E-state index is 8.69. The lowest BCUT2D eigenvalue weighted by Crippen LogP contribution is -2.22. The molecule has 0 saturated carbocycles. The third-order valence-electron chi connectivity index (χ3n) is 1.55. The molecule has 0 spiro atoms. The van der Waals surface area contributed by atoms with E-state index in [9.17, 15) is 0 Å². The van der Waals surface area contributed by atoms with E-state index in [2.05, 4.69) is 0 Å². The molecule has 2 N–H and O–H groups in total. The Morgan fingerprint density at radius 2 is 1.53 bits per heavy atom. The molecule has 1 unspecified atom stereocenters. The average Bonchev–Trinajstić information content (AvgIpc) is 2.27. The molecule has 0 saturated heterocycles. The van der Waals surface area contributed by atoms with E-state index in [0.29, 0.717) is 33.0 Å². The monoisotopic (exact) mass is 224 g/mol. The standard InChI is InChI=1S/C9H20O6/c1-12-9(8-11)15-7-6-14-5-4-13-3-2-10/h9-11H,2-8H2,1H3. The topological polar surface area (TPSA) is 77.4 Å².